The Balaban J connectivity index is 1.13. The molecule has 3 atom stereocenters. The Hall–Kier alpha value is -2.35. The average Bonchev–Trinajstić information content (AvgIpc) is 3.28. The third kappa shape index (κ3) is 3.77. The van der Waals surface area contributed by atoms with Gasteiger partial charge in [-0.2, -0.15) is 0 Å². The van der Waals surface area contributed by atoms with Crippen LogP contribution in [-0.2, 0) is 11.2 Å². The molecule has 2 aromatic rings. The molecule has 7 nitrogen and oxygen atoms in total. The number of aromatic nitrogens is 2. The molecule has 0 radical (unpaired) electrons. The van der Waals surface area contributed by atoms with Crippen molar-refractivity contribution in [2.75, 3.05) is 32.8 Å². The summed E-state index contributed by atoms with van der Waals surface area (Å²) < 4.78 is 5.19. The molecule has 29 heavy (non-hydrogen) atoms. The zero-order valence-electron chi connectivity index (χ0n) is 16.3. The molecule has 2 fully saturated rings. The van der Waals surface area contributed by atoms with Crippen molar-refractivity contribution in [3.05, 3.63) is 59.2 Å². The number of ether oxygens (including phenoxy) is 1. The van der Waals surface area contributed by atoms with E-state index >= 15 is 0 Å². The molecule has 2 aliphatic heterocycles. The molecule has 3 heterocycles. The Bertz CT molecular complexity index is 901. The second-order valence-electron chi connectivity index (χ2n) is 8.40. The van der Waals surface area contributed by atoms with Crippen LogP contribution < -0.4 is 5.32 Å². The highest BCUT2D eigenvalue weighted by molar-refractivity contribution is 5.92. The van der Waals surface area contributed by atoms with Gasteiger partial charge in [-0.15, -0.1) is 0 Å². The van der Waals surface area contributed by atoms with Crippen molar-refractivity contribution in [1.29, 1.82) is 0 Å². The second kappa shape index (κ2) is 7.82. The fourth-order valence-electron chi connectivity index (χ4n) is 4.81. The van der Waals surface area contributed by atoms with Crippen LogP contribution in [-0.4, -0.2) is 64.8 Å². The van der Waals surface area contributed by atoms with Gasteiger partial charge in [0.1, 0.15) is 12.0 Å². The van der Waals surface area contributed by atoms with E-state index in [1.807, 2.05) is 0 Å². The number of hydrogen-bond donors (Lipinski definition) is 2. The maximum Gasteiger partial charge on any atom is 0.270 e. The lowest BCUT2D eigenvalue weighted by atomic mass is 9.99. The first-order valence-electron chi connectivity index (χ1n) is 10.3. The highest BCUT2D eigenvalue weighted by Crippen LogP contribution is 2.49. The van der Waals surface area contributed by atoms with Gasteiger partial charge < -0.3 is 15.2 Å². The van der Waals surface area contributed by atoms with Crippen molar-refractivity contribution in [2.24, 2.45) is 5.92 Å². The molecule has 2 unspecified atom stereocenters. The molecule has 2 bridgehead atoms. The number of carbonyl (C=O) groups is 1. The van der Waals surface area contributed by atoms with Crippen LogP contribution >= 0.6 is 0 Å². The number of rotatable bonds is 7. The minimum Gasteiger partial charge on any atom is -0.390 e. The number of aliphatic hydroxyl groups is 1. The van der Waals surface area contributed by atoms with Crippen LogP contribution in [0.1, 0.15) is 45.7 Å². The molecule has 5 rings (SSSR count). The predicted molar refractivity (Wildman–Crippen MR) is 106 cm³/mol. The number of benzene rings is 1. The summed E-state index contributed by atoms with van der Waals surface area (Å²) >= 11 is 0. The molecule has 3 aliphatic rings. The number of fused-ring (bicyclic) bond motifs is 5. The molecule has 152 valence electrons. The second-order valence-corrected chi connectivity index (χ2v) is 8.40. The van der Waals surface area contributed by atoms with Crippen molar-refractivity contribution in [2.45, 2.75) is 30.9 Å². The number of nitrogens with zero attached hydrogens (tertiary/aromatic N) is 3. The lowest BCUT2D eigenvalue weighted by Gasteiger charge is -2.30. The molecular weight excluding hydrogens is 368 g/mol. The van der Waals surface area contributed by atoms with E-state index in [0.29, 0.717) is 30.1 Å². The summed E-state index contributed by atoms with van der Waals surface area (Å²) in [6.45, 7) is 3.25. The monoisotopic (exact) mass is 394 g/mol. The number of amides is 1. The van der Waals surface area contributed by atoms with E-state index in [0.717, 1.165) is 38.3 Å². The fraction of sp³-hybridized carbons (Fsp3) is 0.500. The summed E-state index contributed by atoms with van der Waals surface area (Å²) in [6, 6.07) is 10.7. The number of likely N-dealkylation sites (tertiary alicyclic amines) is 1. The summed E-state index contributed by atoms with van der Waals surface area (Å²) in [7, 11) is 0. The first-order chi connectivity index (χ1) is 14.2. The average molecular weight is 394 g/mol. The minimum atomic E-state index is -0.612. The van der Waals surface area contributed by atoms with Crippen LogP contribution in [0, 0.1) is 5.92 Å². The highest BCUT2D eigenvalue weighted by atomic mass is 16.5. The predicted octanol–water partition coefficient (Wildman–Crippen LogP) is 1.30. The summed E-state index contributed by atoms with van der Waals surface area (Å²) in [5, 5.41) is 13.3. The molecule has 1 aromatic heterocycles. The first-order valence-corrected chi connectivity index (χ1v) is 10.3. The van der Waals surface area contributed by atoms with Crippen LogP contribution in [0.25, 0.3) is 0 Å². The molecule has 1 aliphatic carbocycles. The van der Waals surface area contributed by atoms with Crippen LogP contribution in [0.2, 0.25) is 0 Å². The topological polar surface area (TPSA) is 87.6 Å². The number of nitrogens with one attached hydrogen (secondary N) is 1. The fourth-order valence-corrected chi connectivity index (χ4v) is 4.81. The number of aliphatic hydroxyl groups excluding tert-OH is 1. The minimum absolute atomic E-state index is 0.212. The molecule has 2 N–H and O–H groups in total. The number of β-amino-alcohol motifs (C(OH)–C–C–N with tert-alkyl or cyclic N) is 1. The van der Waals surface area contributed by atoms with Crippen molar-refractivity contribution in [1.82, 2.24) is 20.2 Å². The van der Waals surface area contributed by atoms with Gasteiger partial charge in [0.05, 0.1) is 19.3 Å². The Labute approximate surface area is 170 Å². The van der Waals surface area contributed by atoms with Gasteiger partial charge in [0.15, 0.2) is 0 Å². The third-order valence-electron chi connectivity index (χ3n) is 6.30. The van der Waals surface area contributed by atoms with E-state index in [1.54, 1.807) is 6.07 Å². The van der Waals surface area contributed by atoms with Crippen molar-refractivity contribution in [3.8, 4) is 0 Å². The molecular formula is C22H26N4O3. The van der Waals surface area contributed by atoms with E-state index in [-0.39, 0.29) is 12.5 Å². The van der Waals surface area contributed by atoms with Crippen LogP contribution in [0.15, 0.2) is 36.7 Å². The van der Waals surface area contributed by atoms with Crippen LogP contribution in [0.3, 0.4) is 0 Å². The zero-order chi connectivity index (χ0) is 19.8. The SMILES string of the molecule is O=C(NC[C@H](O)CN1CC2CC1c1ccccc12)c1cc(CC2COC2)ncn1. The molecule has 0 spiro atoms. The molecule has 0 saturated carbocycles. The first kappa shape index (κ1) is 18.7. The Morgan fingerprint density at radius 3 is 2.90 bits per heavy atom. The van der Waals surface area contributed by atoms with Gasteiger partial charge in [-0.25, -0.2) is 9.97 Å². The summed E-state index contributed by atoms with van der Waals surface area (Å²) in [5.74, 6) is 0.771. The van der Waals surface area contributed by atoms with Crippen molar-refractivity contribution >= 4 is 5.91 Å². The number of carbonyl (C=O) groups excluding carboxylic acids is 1. The van der Waals surface area contributed by atoms with Crippen molar-refractivity contribution in [3.63, 3.8) is 0 Å². The molecule has 2 saturated heterocycles. The van der Waals surface area contributed by atoms with E-state index in [9.17, 15) is 9.90 Å². The Morgan fingerprint density at radius 1 is 1.28 bits per heavy atom. The zero-order valence-corrected chi connectivity index (χ0v) is 16.3. The molecule has 1 aromatic carbocycles. The van der Waals surface area contributed by atoms with E-state index < -0.39 is 6.10 Å². The van der Waals surface area contributed by atoms with E-state index in [4.69, 9.17) is 4.74 Å². The smallest absolute Gasteiger partial charge is 0.270 e. The maximum absolute atomic E-state index is 12.4. The van der Waals surface area contributed by atoms with Gasteiger partial charge in [0.25, 0.3) is 5.91 Å². The van der Waals surface area contributed by atoms with Gasteiger partial charge >= 0.3 is 0 Å². The standard InChI is InChI=1S/C22H26N4O3/c27-17(10-26-9-15-6-21(26)19-4-2-1-3-18(15)19)8-23-22(28)20-7-16(24-13-25-20)5-14-11-29-12-14/h1-4,7,13-15,17,21,27H,5-6,8-12H2,(H,23,28)/t15?,17-,21?/m0/s1. The number of hydrogen-bond acceptors (Lipinski definition) is 6. The van der Waals surface area contributed by atoms with Crippen molar-refractivity contribution < 1.29 is 14.6 Å². The lowest BCUT2D eigenvalue weighted by Crippen LogP contribution is -2.41. The lowest BCUT2D eigenvalue weighted by molar-refractivity contribution is -0.0316. The third-order valence-corrected chi connectivity index (χ3v) is 6.30. The highest BCUT2D eigenvalue weighted by Gasteiger charge is 2.42. The summed E-state index contributed by atoms with van der Waals surface area (Å²) in [5.41, 5.74) is 4.05. The van der Waals surface area contributed by atoms with Gasteiger partial charge in [0.2, 0.25) is 0 Å². The Morgan fingerprint density at radius 2 is 2.10 bits per heavy atom. The van der Waals surface area contributed by atoms with Gasteiger partial charge in [-0.3, -0.25) is 9.69 Å². The molecule has 7 heteroatoms. The van der Waals surface area contributed by atoms with E-state index in [1.165, 1.54) is 17.5 Å². The van der Waals surface area contributed by atoms with E-state index in [2.05, 4.69) is 44.5 Å². The summed E-state index contributed by atoms with van der Waals surface area (Å²) in [4.78, 5) is 23.1. The quantitative estimate of drug-likeness (QED) is 0.736. The van der Waals surface area contributed by atoms with Gasteiger partial charge in [0, 0.05) is 37.3 Å². The Kier molecular flexibility index (Phi) is 5.03. The van der Waals surface area contributed by atoms with Crippen LogP contribution in [0.4, 0.5) is 0 Å². The van der Waals surface area contributed by atoms with Gasteiger partial charge in [-0.1, -0.05) is 24.3 Å². The largest absolute Gasteiger partial charge is 0.390 e. The maximum atomic E-state index is 12.4. The normalized spacial score (nSPS) is 24.2. The molecule has 1 amide bonds. The summed E-state index contributed by atoms with van der Waals surface area (Å²) in [6.07, 6.45) is 2.75. The van der Waals surface area contributed by atoms with Crippen LogP contribution in [0.5, 0.6) is 0 Å². The van der Waals surface area contributed by atoms with Gasteiger partial charge in [-0.05, 0) is 36.0 Å².